The Morgan fingerprint density at radius 2 is 1.69 bits per heavy atom. The molecule has 2 amide bonds. The summed E-state index contributed by atoms with van der Waals surface area (Å²) < 4.78 is 67.0. The third-order valence-corrected chi connectivity index (χ3v) is 9.67. The maximum absolute atomic E-state index is 13.5. The number of anilines is 1. The largest absolute Gasteiger partial charge is 0.387 e. The van der Waals surface area contributed by atoms with E-state index < -0.39 is 50.0 Å². The minimum absolute atomic E-state index is 0.0217. The molecule has 0 aliphatic heterocycles. The number of hydrogen-bond donors (Lipinski definition) is 4. The summed E-state index contributed by atoms with van der Waals surface area (Å²) in [5.74, 6) is -6.71. The minimum atomic E-state index is -4.03. The zero-order valence-corrected chi connectivity index (χ0v) is 20.3. The van der Waals surface area contributed by atoms with Gasteiger partial charge in [0.25, 0.3) is 5.91 Å². The molecule has 3 saturated carbocycles. The molecular weight excluding hydrogens is 523 g/mol. The maximum atomic E-state index is 13.5. The lowest BCUT2D eigenvalue weighted by Gasteiger charge is -2.58. The van der Waals surface area contributed by atoms with Crippen LogP contribution in [0.25, 0.3) is 0 Å². The fraction of sp³-hybridized carbons (Fsp3) is 0.391. The van der Waals surface area contributed by atoms with Gasteiger partial charge in [-0.25, -0.2) is 21.6 Å². The number of aliphatic hydroxyl groups is 1. The first-order valence-electron chi connectivity index (χ1n) is 11.0. The first-order valence-corrected chi connectivity index (χ1v) is 13.0. The van der Waals surface area contributed by atoms with E-state index in [1.807, 2.05) is 0 Å². The van der Waals surface area contributed by atoms with Gasteiger partial charge in [0.1, 0.15) is 0 Å². The topological polar surface area (TPSA) is 139 Å². The van der Waals surface area contributed by atoms with Crippen LogP contribution in [0.3, 0.4) is 0 Å². The van der Waals surface area contributed by atoms with Gasteiger partial charge in [-0.05, 0) is 49.3 Å². The van der Waals surface area contributed by atoms with Gasteiger partial charge in [-0.15, -0.1) is 0 Å². The molecule has 2 atom stereocenters. The molecule has 5 rings (SSSR count). The van der Waals surface area contributed by atoms with Gasteiger partial charge in [0.05, 0.1) is 27.3 Å². The molecule has 2 aromatic rings. The predicted molar refractivity (Wildman–Crippen MR) is 125 cm³/mol. The minimum Gasteiger partial charge on any atom is -0.387 e. The second kappa shape index (κ2) is 9.66. The van der Waals surface area contributed by atoms with Crippen molar-refractivity contribution in [3.8, 4) is 0 Å². The zero-order chi connectivity index (χ0) is 26.4. The summed E-state index contributed by atoms with van der Waals surface area (Å²) >= 11 is 6.17. The number of amides is 2. The van der Waals surface area contributed by atoms with Crippen LogP contribution in [-0.2, 0) is 14.6 Å². The van der Waals surface area contributed by atoms with Crippen molar-refractivity contribution in [3.05, 3.63) is 58.4 Å². The summed E-state index contributed by atoms with van der Waals surface area (Å²) in [7, 11) is -4.03. The number of carbonyl (C=O) groups excluding carboxylic acids is 2. The van der Waals surface area contributed by atoms with Crippen molar-refractivity contribution >= 4 is 38.9 Å². The summed E-state index contributed by atoms with van der Waals surface area (Å²) in [6, 6.07) is 4.71. The molecule has 0 radical (unpaired) electrons. The van der Waals surface area contributed by atoms with Crippen molar-refractivity contribution in [2.24, 2.45) is 17.6 Å². The lowest BCUT2D eigenvalue weighted by Crippen LogP contribution is -2.66. The van der Waals surface area contributed by atoms with E-state index in [1.54, 1.807) is 0 Å². The molecule has 2 unspecified atom stereocenters. The number of fused-ring (bicyclic) bond motifs is 2. The van der Waals surface area contributed by atoms with Crippen LogP contribution < -0.4 is 16.4 Å². The number of rotatable bonds is 7. The third-order valence-electron chi connectivity index (χ3n) is 7.01. The van der Waals surface area contributed by atoms with Gasteiger partial charge in [0.15, 0.2) is 27.3 Å². The molecule has 8 nitrogen and oxygen atoms in total. The Hall–Kier alpha value is -2.67. The quantitative estimate of drug-likeness (QED) is 0.394. The van der Waals surface area contributed by atoms with E-state index in [0.29, 0.717) is 18.6 Å². The van der Waals surface area contributed by atoms with E-state index in [0.717, 1.165) is 6.07 Å². The van der Waals surface area contributed by atoms with Crippen LogP contribution in [0.4, 0.5) is 18.9 Å². The van der Waals surface area contributed by atoms with E-state index in [4.69, 9.17) is 17.3 Å². The summed E-state index contributed by atoms with van der Waals surface area (Å²) in [5.41, 5.74) is 3.54. The molecular formula is C23H23ClF3N3O5S. The second-order valence-electron chi connectivity index (χ2n) is 9.09. The van der Waals surface area contributed by atoms with Crippen molar-refractivity contribution in [1.29, 1.82) is 0 Å². The molecule has 3 aliphatic carbocycles. The molecule has 0 saturated heterocycles. The van der Waals surface area contributed by atoms with Crippen molar-refractivity contribution in [2.75, 3.05) is 18.4 Å². The van der Waals surface area contributed by atoms with E-state index in [-0.39, 0.29) is 58.9 Å². The number of nitrogens with two attached hydrogens (primary N) is 1. The lowest BCUT2D eigenvalue weighted by atomic mass is 9.53. The molecule has 2 aromatic carbocycles. The number of benzene rings is 2. The number of nitrogens with one attached hydrogen (secondary N) is 2. The number of sulfone groups is 1. The smallest absolute Gasteiger partial charge is 0.255 e. The molecule has 0 aromatic heterocycles. The van der Waals surface area contributed by atoms with Crippen molar-refractivity contribution in [2.45, 2.75) is 35.0 Å². The van der Waals surface area contributed by atoms with Crippen LogP contribution in [0.1, 0.15) is 29.6 Å². The average Bonchev–Trinajstić information content (AvgIpc) is 2.85. The van der Waals surface area contributed by atoms with Crippen molar-refractivity contribution in [3.63, 3.8) is 0 Å². The zero-order valence-electron chi connectivity index (χ0n) is 18.7. The van der Waals surface area contributed by atoms with E-state index in [1.165, 1.54) is 12.1 Å². The van der Waals surface area contributed by atoms with Gasteiger partial charge in [0, 0.05) is 29.9 Å². The van der Waals surface area contributed by atoms with Crippen LogP contribution in [-0.4, -0.2) is 49.3 Å². The Morgan fingerprint density at radius 1 is 1.08 bits per heavy atom. The van der Waals surface area contributed by atoms with Gasteiger partial charge in [-0.2, -0.15) is 0 Å². The van der Waals surface area contributed by atoms with Crippen LogP contribution in [0, 0.1) is 29.3 Å². The third kappa shape index (κ3) is 4.70. The van der Waals surface area contributed by atoms with E-state index in [2.05, 4.69) is 10.6 Å². The predicted octanol–water partition coefficient (Wildman–Crippen LogP) is 2.39. The molecule has 0 spiro atoms. The Bertz CT molecular complexity index is 1310. The first-order chi connectivity index (χ1) is 16.9. The van der Waals surface area contributed by atoms with Crippen molar-refractivity contribution in [1.82, 2.24) is 5.32 Å². The first kappa shape index (κ1) is 26.4. The molecule has 13 heteroatoms. The van der Waals surface area contributed by atoms with Gasteiger partial charge < -0.3 is 21.5 Å². The Balaban J connectivity index is 1.52. The van der Waals surface area contributed by atoms with E-state index >= 15 is 0 Å². The van der Waals surface area contributed by atoms with Crippen LogP contribution in [0.5, 0.6) is 0 Å². The van der Waals surface area contributed by atoms with E-state index in [9.17, 15) is 36.3 Å². The number of carbonyl (C=O) groups is 2. The number of halogens is 4. The van der Waals surface area contributed by atoms with Gasteiger partial charge >= 0.3 is 0 Å². The highest BCUT2D eigenvalue weighted by Gasteiger charge is 2.60. The highest BCUT2D eigenvalue weighted by molar-refractivity contribution is 7.92. The van der Waals surface area contributed by atoms with Crippen LogP contribution >= 0.6 is 11.6 Å². The van der Waals surface area contributed by atoms with Gasteiger partial charge in [-0.1, -0.05) is 11.6 Å². The summed E-state index contributed by atoms with van der Waals surface area (Å²) in [6.07, 6.45) is 0.880. The van der Waals surface area contributed by atoms with Gasteiger partial charge in [-0.3, -0.25) is 9.59 Å². The molecule has 5 N–H and O–H groups in total. The fourth-order valence-electron chi connectivity index (χ4n) is 4.98. The van der Waals surface area contributed by atoms with Gasteiger partial charge in [0.2, 0.25) is 5.91 Å². The SMILES string of the molecule is NCC(=O)NC[C@]1(O)C2CC1C[C@@H](S(=O)(=O)c1cc(C(=O)Nc3cc(F)c(F)c(F)c3)ccc1Cl)C2. The second-order valence-corrected chi connectivity index (χ2v) is 11.7. The molecule has 3 aliphatic rings. The van der Waals surface area contributed by atoms with Crippen molar-refractivity contribution < 1.29 is 36.3 Å². The lowest BCUT2D eigenvalue weighted by molar-refractivity contribution is -0.174. The average molecular weight is 546 g/mol. The Morgan fingerprint density at radius 3 is 2.28 bits per heavy atom. The molecule has 3 fully saturated rings. The Kier molecular flexibility index (Phi) is 7.08. The monoisotopic (exact) mass is 545 g/mol. The highest BCUT2D eigenvalue weighted by atomic mass is 35.5. The molecule has 36 heavy (non-hydrogen) atoms. The fourth-order valence-corrected chi connectivity index (χ4v) is 7.39. The highest BCUT2D eigenvalue weighted by Crippen LogP contribution is 2.55. The van der Waals surface area contributed by atoms with Crippen LogP contribution in [0.2, 0.25) is 5.02 Å². The molecule has 2 bridgehead atoms. The standard InChI is InChI=1S/C23H23ClF3N3O5S/c24-16-2-1-11(22(32)30-14-7-17(25)21(27)18(26)8-14)3-19(16)36(34,35)15-5-12-4-13(6-15)23(12,33)10-29-20(31)9-28/h1-3,7-8,12-13,15,33H,4-6,9-10,28H2,(H,29,31)(H,30,32)/t12?,13?,15-,23-. The molecule has 194 valence electrons. The summed E-state index contributed by atoms with van der Waals surface area (Å²) in [6.45, 7) is -0.248. The van der Waals surface area contributed by atoms with Crippen LogP contribution in [0.15, 0.2) is 35.2 Å². The molecule has 0 heterocycles. The summed E-state index contributed by atoms with van der Waals surface area (Å²) in [5, 5.41) is 14.7. The number of hydrogen-bond acceptors (Lipinski definition) is 6. The maximum Gasteiger partial charge on any atom is 0.255 e. The normalized spacial score (nSPS) is 25.1. The summed E-state index contributed by atoms with van der Waals surface area (Å²) in [4.78, 5) is 23.8. The Labute approximate surface area is 209 Å².